The van der Waals surface area contributed by atoms with Crippen LogP contribution in [0.5, 0.6) is 0 Å². The quantitative estimate of drug-likeness (QED) is 0.791. The zero-order valence-electron chi connectivity index (χ0n) is 14.1. The van der Waals surface area contributed by atoms with Crippen molar-refractivity contribution in [3.05, 3.63) is 53.1 Å². The second-order valence-electron chi connectivity index (χ2n) is 6.37. The molecule has 1 heterocycles. The van der Waals surface area contributed by atoms with Crippen LogP contribution in [0.25, 0.3) is 5.69 Å². The highest BCUT2D eigenvalue weighted by Crippen LogP contribution is 2.28. The van der Waals surface area contributed by atoms with Gasteiger partial charge < -0.3 is 14.6 Å². The largest absolute Gasteiger partial charge is 0.379 e. The van der Waals surface area contributed by atoms with Crippen LogP contribution >= 0.6 is 0 Å². The molecule has 0 saturated heterocycles. The molecule has 0 atom stereocenters. The van der Waals surface area contributed by atoms with E-state index in [9.17, 15) is 9.18 Å². The smallest absolute Gasteiger partial charge is 0.253 e. The summed E-state index contributed by atoms with van der Waals surface area (Å²) in [6, 6.07) is 8.13. The summed E-state index contributed by atoms with van der Waals surface area (Å²) in [5.41, 5.74) is 3.27. The fourth-order valence-corrected chi connectivity index (χ4v) is 2.85. The molecule has 5 heteroatoms. The van der Waals surface area contributed by atoms with Crippen LogP contribution in [0.4, 0.5) is 4.39 Å². The van der Waals surface area contributed by atoms with Gasteiger partial charge in [0.25, 0.3) is 5.91 Å². The fraction of sp³-hybridized carbons (Fsp3) is 0.421. The Morgan fingerprint density at radius 2 is 2.00 bits per heavy atom. The molecule has 1 fully saturated rings. The molecule has 1 aromatic heterocycles. The van der Waals surface area contributed by atoms with Gasteiger partial charge in [0.05, 0.1) is 12.2 Å². The Balaban J connectivity index is 1.63. The minimum Gasteiger partial charge on any atom is -0.379 e. The highest BCUT2D eigenvalue weighted by molar-refractivity contribution is 5.95. The predicted molar refractivity (Wildman–Crippen MR) is 91.1 cm³/mol. The molecule has 0 spiro atoms. The van der Waals surface area contributed by atoms with Crippen molar-refractivity contribution in [2.75, 3.05) is 19.8 Å². The van der Waals surface area contributed by atoms with E-state index in [-0.39, 0.29) is 11.7 Å². The standard InChI is InChI=1S/C19H23FN2O2/c1-13-11-18(19(23)21-9-10-24-12-15-3-4-15)14(2)22(13)17-7-5-16(20)6-8-17/h5-8,11,15H,3-4,9-10,12H2,1-2H3,(H,21,23). The molecule has 1 amide bonds. The molecule has 4 nitrogen and oxygen atoms in total. The molecule has 1 aliphatic rings. The van der Waals surface area contributed by atoms with Gasteiger partial charge in [0.1, 0.15) is 5.82 Å². The Morgan fingerprint density at radius 3 is 2.67 bits per heavy atom. The van der Waals surface area contributed by atoms with Crippen molar-refractivity contribution in [3.8, 4) is 5.69 Å². The van der Waals surface area contributed by atoms with E-state index in [1.54, 1.807) is 12.1 Å². The van der Waals surface area contributed by atoms with E-state index in [2.05, 4.69) is 5.32 Å². The third-order valence-corrected chi connectivity index (χ3v) is 4.34. The van der Waals surface area contributed by atoms with Crippen molar-refractivity contribution in [3.63, 3.8) is 0 Å². The molecule has 3 rings (SSSR count). The molecule has 0 unspecified atom stereocenters. The normalized spacial score (nSPS) is 14.0. The summed E-state index contributed by atoms with van der Waals surface area (Å²) in [6.07, 6.45) is 2.53. The molecule has 1 aromatic carbocycles. The van der Waals surface area contributed by atoms with Gasteiger partial charge in [0.2, 0.25) is 0 Å². The second-order valence-corrected chi connectivity index (χ2v) is 6.37. The topological polar surface area (TPSA) is 43.3 Å². The number of aryl methyl sites for hydroxylation is 1. The van der Waals surface area contributed by atoms with Crippen LogP contribution in [-0.4, -0.2) is 30.2 Å². The maximum absolute atomic E-state index is 13.1. The van der Waals surface area contributed by atoms with Gasteiger partial charge in [-0.3, -0.25) is 4.79 Å². The summed E-state index contributed by atoms with van der Waals surface area (Å²) < 4.78 is 20.6. The second kappa shape index (κ2) is 7.18. The van der Waals surface area contributed by atoms with E-state index in [1.165, 1.54) is 25.0 Å². The van der Waals surface area contributed by atoms with Gasteiger partial charge in [-0.05, 0) is 62.9 Å². The molecule has 1 saturated carbocycles. The molecule has 24 heavy (non-hydrogen) atoms. The molecule has 0 bridgehead atoms. The molecular weight excluding hydrogens is 307 g/mol. The van der Waals surface area contributed by atoms with Crippen molar-refractivity contribution in [1.29, 1.82) is 0 Å². The van der Waals surface area contributed by atoms with Crippen LogP contribution in [-0.2, 0) is 4.74 Å². The number of benzene rings is 1. The summed E-state index contributed by atoms with van der Waals surface area (Å²) in [5, 5.41) is 2.90. The minimum absolute atomic E-state index is 0.105. The lowest BCUT2D eigenvalue weighted by molar-refractivity contribution is 0.0906. The van der Waals surface area contributed by atoms with Crippen LogP contribution in [0.2, 0.25) is 0 Å². The van der Waals surface area contributed by atoms with Gasteiger partial charge in [-0.15, -0.1) is 0 Å². The van der Waals surface area contributed by atoms with E-state index in [1.807, 2.05) is 24.5 Å². The Kier molecular flexibility index (Phi) is 5.00. The lowest BCUT2D eigenvalue weighted by atomic mass is 10.2. The average Bonchev–Trinajstić information content (AvgIpc) is 3.33. The average molecular weight is 330 g/mol. The van der Waals surface area contributed by atoms with Gasteiger partial charge in [-0.25, -0.2) is 4.39 Å². The molecule has 0 aliphatic heterocycles. The summed E-state index contributed by atoms with van der Waals surface area (Å²) in [7, 11) is 0. The minimum atomic E-state index is -0.273. The molecular formula is C19H23FN2O2. The first kappa shape index (κ1) is 16.7. The molecule has 128 valence electrons. The molecule has 2 aromatic rings. The zero-order chi connectivity index (χ0) is 17.1. The lowest BCUT2D eigenvalue weighted by Crippen LogP contribution is -2.27. The number of carbonyl (C=O) groups is 1. The van der Waals surface area contributed by atoms with Crippen molar-refractivity contribution >= 4 is 5.91 Å². The fourth-order valence-electron chi connectivity index (χ4n) is 2.85. The number of amides is 1. The highest BCUT2D eigenvalue weighted by atomic mass is 19.1. The SMILES string of the molecule is Cc1cc(C(=O)NCCOCC2CC2)c(C)n1-c1ccc(F)cc1. The van der Waals surface area contributed by atoms with Gasteiger partial charge >= 0.3 is 0 Å². The van der Waals surface area contributed by atoms with Crippen molar-refractivity contribution in [1.82, 2.24) is 9.88 Å². The van der Waals surface area contributed by atoms with Crippen molar-refractivity contribution < 1.29 is 13.9 Å². The maximum Gasteiger partial charge on any atom is 0.253 e. The van der Waals surface area contributed by atoms with Gasteiger partial charge in [0.15, 0.2) is 0 Å². The first-order valence-electron chi connectivity index (χ1n) is 8.37. The van der Waals surface area contributed by atoms with Crippen LogP contribution in [0.15, 0.2) is 30.3 Å². The van der Waals surface area contributed by atoms with E-state index in [0.29, 0.717) is 18.7 Å². The molecule has 1 aliphatic carbocycles. The first-order valence-corrected chi connectivity index (χ1v) is 8.37. The number of hydrogen-bond acceptors (Lipinski definition) is 2. The number of halogens is 1. The van der Waals surface area contributed by atoms with Crippen molar-refractivity contribution in [2.45, 2.75) is 26.7 Å². The summed E-state index contributed by atoms with van der Waals surface area (Å²) in [6.45, 7) is 5.68. The van der Waals surface area contributed by atoms with E-state index >= 15 is 0 Å². The number of rotatable bonds is 7. The number of nitrogens with one attached hydrogen (secondary N) is 1. The van der Waals surface area contributed by atoms with Gasteiger partial charge in [0, 0.05) is 30.2 Å². The Bertz CT molecular complexity index is 718. The third kappa shape index (κ3) is 3.85. The number of hydrogen-bond donors (Lipinski definition) is 1. The van der Waals surface area contributed by atoms with Gasteiger partial charge in [-0.2, -0.15) is 0 Å². The summed E-state index contributed by atoms with van der Waals surface area (Å²) in [5.74, 6) is 0.354. The van der Waals surface area contributed by atoms with Crippen LogP contribution < -0.4 is 5.32 Å². The monoisotopic (exact) mass is 330 g/mol. The lowest BCUT2D eigenvalue weighted by Gasteiger charge is -2.10. The number of aromatic nitrogens is 1. The maximum atomic E-state index is 13.1. The number of carbonyl (C=O) groups excluding carboxylic acids is 1. The zero-order valence-corrected chi connectivity index (χ0v) is 14.1. The van der Waals surface area contributed by atoms with E-state index in [0.717, 1.165) is 29.6 Å². The van der Waals surface area contributed by atoms with Crippen LogP contribution in [0, 0.1) is 25.6 Å². The Hall–Kier alpha value is -2.14. The third-order valence-electron chi connectivity index (χ3n) is 4.34. The predicted octanol–water partition coefficient (Wildman–Crippen LogP) is 3.39. The van der Waals surface area contributed by atoms with E-state index in [4.69, 9.17) is 4.74 Å². The number of nitrogens with zero attached hydrogens (tertiary/aromatic N) is 1. The van der Waals surface area contributed by atoms with Crippen LogP contribution in [0.1, 0.15) is 34.6 Å². The molecule has 1 N–H and O–H groups in total. The Morgan fingerprint density at radius 1 is 1.29 bits per heavy atom. The Labute approximate surface area is 141 Å². The first-order chi connectivity index (χ1) is 11.6. The highest BCUT2D eigenvalue weighted by Gasteiger charge is 2.21. The number of ether oxygens (including phenoxy) is 1. The van der Waals surface area contributed by atoms with Gasteiger partial charge in [-0.1, -0.05) is 0 Å². The van der Waals surface area contributed by atoms with Crippen LogP contribution in [0.3, 0.4) is 0 Å². The summed E-state index contributed by atoms with van der Waals surface area (Å²) in [4.78, 5) is 12.4. The van der Waals surface area contributed by atoms with E-state index < -0.39 is 0 Å². The summed E-state index contributed by atoms with van der Waals surface area (Å²) >= 11 is 0. The van der Waals surface area contributed by atoms with Crippen molar-refractivity contribution in [2.24, 2.45) is 5.92 Å². The molecule has 0 radical (unpaired) electrons.